The number of hydrogen-bond donors (Lipinski definition) is 7. The molecule has 0 spiro atoms. The number of rotatable bonds is 35. The molecule has 0 bridgehead atoms. The number of carboxylic acid groups (broad SMARTS) is 2. The standard InChI is InChI=1S/C33H61N5O11/c34-25-30(41)36-18-20-47-21-19-37-31(42)26-49-24-23-48-22-17-35-28(39)16-15-27(33(45)46)38-29(40)13-11-9-7-5-3-1-2-4-6-8-10-12-14-32(43)44/h27H,1-26,34H2,(H,35,39)(H,36,41)(H,37,42)(H,38,40)(H,43,44)(H,45,46)/t27-/m0/s1. The Morgan fingerprint density at radius 2 is 0.959 bits per heavy atom. The summed E-state index contributed by atoms with van der Waals surface area (Å²) in [4.78, 5) is 69.1. The van der Waals surface area contributed by atoms with Gasteiger partial charge in [0.25, 0.3) is 0 Å². The van der Waals surface area contributed by atoms with Crippen LogP contribution in [0.1, 0.15) is 103 Å². The highest BCUT2D eigenvalue weighted by atomic mass is 16.5. The van der Waals surface area contributed by atoms with Crippen molar-refractivity contribution in [2.75, 3.05) is 65.8 Å². The number of aliphatic carboxylic acids is 2. The number of nitrogens with two attached hydrogens (primary N) is 1. The first-order valence-electron chi connectivity index (χ1n) is 17.6. The van der Waals surface area contributed by atoms with Crippen LogP contribution in [0.15, 0.2) is 0 Å². The van der Waals surface area contributed by atoms with Crippen LogP contribution in [0.4, 0.5) is 0 Å². The average molecular weight is 704 g/mol. The van der Waals surface area contributed by atoms with Gasteiger partial charge in [-0.3, -0.25) is 24.0 Å². The Morgan fingerprint density at radius 3 is 1.47 bits per heavy atom. The Balaban J connectivity index is 3.69. The second-order valence-corrected chi connectivity index (χ2v) is 11.7. The number of hydrogen-bond acceptors (Lipinski definition) is 10. The van der Waals surface area contributed by atoms with Crippen LogP contribution in [-0.2, 0) is 43.0 Å². The number of carbonyl (C=O) groups excluding carboxylic acids is 4. The molecule has 284 valence electrons. The zero-order valence-electron chi connectivity index (χ0n) is 29.1. The van der Waals surface area contributed by atoms with Gasteiger partial charge in [0.05, 0.1) is 39.6 Å². The van der Waals surface area contributed by atoms with E-state index in [-0.39, 0.29) is 95.4 Å². The van der Waals surface area contributed by atoms with Gasteiger partial charge in [0.1, 0.15) is 12.6 Å². The largest absolute Gasteiger partial charge is 0.481 e. The van der Waals surface area contributed by atoms with Crippen LogP contribution in [0, 0.1) is 0 Å². The lowest BCUT2D eigenvalue weighted by Gasteiger charge is -2.14. The third-order valence-electron chi connectivity index (χ3n) is 7.33. The predicted octanol–water partition coefficient (Wildman–Crippen LogP) is 1.24. The molecule has 8 N–H and O–H groups in total. The Bertz CT molecular complexity index is 923. The molecule has 0 aromatic rings. The molecular weight excluding hydrogens is 642 g/mol. The van der Waals surface area contributed by atoms with Crippen LogP contribution in [-0.4, -0.2) is 118 Å². The summed E-state index contributed by atoms with van der Waals surface area (Å²) in [6.45, 7) is 1.84. The molecule has 0 saturated heterocycles. The number of ether oxygens (including phenoxy) is 3. The van der Waals surface area contributed by atoms with E-state index in [1.165, 1.54) is 19.3 Å². The van der Waals surface area contributed by atoms with Crippen LogP contribution < -0.4 is 27.0 Å². The minimum absolute atomic E-state index is 0.0227. The van der Waals surface area contributed by atoms with E-state index in [0.29, 0.717) is 26.1 Å². The van der Waals surface area contributed by atoms with E-state index in [1.54, 1.807) is 0 Å². The minimum atomic E-state index is -1.18. The molecule has 0 aromatic heterocycles. The molecule has 0 aliphatic carbocycles. The first-order valence-corrected chi connectivity index (χ1v) is 17.6. The van der Waals surface area contributed by atoms with Crippen molar-refractivity contribution in [2.24, 2.45) is 5.73 Å². The van der Waals surface area contributed by atoms with E-state index < -0.39 is 18.0 Å². The van der Waals surface area contributed by atoms with Crippen molar-refractivity contribution in [1.82, 2.24) is 21.3 Å². The molecule has 0 heterocycles. The van der Waals surface area contributed by atoms with Crippen LogP contribution in [0.25, 0.3) is 0 Å². The molecule has 0 rings (SSSR count). The smallest absolute Gasteiger partial charge is 0.326 e. The van der Waals surface area contributed by atoms with E-state index in [1.807, 2.05) is 0 Å². The molecule has 4 amide bonds. The normalized spacial score (nSPS) is 11.4. The van der Waals surface area contributed by atoms with Crippen LogP contribution in [0.3, 0.4) is 0 Å². The molecule has 0 unspecified atom stereocenters. The van der Waals surface area contributed by atoms with E-state index in [2.05, 4.69) is 21.3 Å². The SMILES string of the molecule is NCC(=O)NCCOCCNC(=O)COCCOCCNC(=O)CC[C@H](NC(=O)CCCCCCCCCCCCCCC(=O)O)C(=O)O. The molecule has 0 fully saturated rings. The summed E-state index contributed by atoms with van der Waals surface area (Å²) in [7, 11) is 0. The minimum Gasteiger partial charge on any atom is -0.481 e. The summed E-state index contributed by atoms with van der Waals surface area (Å²) in [5, 5.41) is 28.4. The van der Waals surface area contributed by atoms with Crippen molar-refractivity contribution in [3.63, 3.8) is 0 Å². The monoisotopic (exact) mass is 703 g/mol. The fourth-order valence-corrected chi connectivity index (χ4v) is 4.62. The highest BCUT2D eigenvalue weighted by Crippen LogP contribution is 2.13. The number of nitrogens with one attached hydrogen (secondary N) is 4. The molecular formula is C33H61N5O11. The van der Waals surface area contributed by atoms with Crippen LogP contribution >= 0.6 is 0 Å². The van der Waals surface area contributed by atoms with Crippen molar-refractivity contribution < 1.29 is 53.2 Å². The predicted molar refractivity (Wildman–Crippen MR) is 182 cm³/mol. The van der Waals surface area contributed by atoms with Gasteiger partial charge in [0.15, 0.2) is 0 Å². The Labute approximate surface area is 290 Å². The lowest BCUT2D eigenvalue weighted by atomic mass is 10.0. The van der Waals surface area contributed by atoms with Gasteiger partial charge in [0, 0.05) is 38.9 Å². The summed E-state index contributed by atoms with van der Waals surface area (Å²) in [5.41, 5.74) is 5.17. The van der Waals surface area contributed by atoms with E-state index in [9.17, 15) is 33.9 Å². The number of unbranched alkanes of at least 4 members (excludes halogenated alkanes) is 11. The summed E-state index contributed by atoms with van der Waals surface area (Å²) in [6, 6.07) is -1.13. The van der Waals surface area contributed by atoms with Crippen LogP contribution in [0.5, 0.6) is 0 Å². The molecule has 0 aliphatic rings. The van der Waals surface area contributed by atoms with Crippen molar-refractivity contribution in [2.45, 2.75) is 109 Å². The van der Waals surface area contributed by atoms with Crippen molar-refractivity contribution in [3.05, 3.63) is 0 Å². The van der Waals surface area contributed by atoms with Gasteiger partial charge in [-0.1, -0.05) is 64.2 Å². The Morgan fingerprint density at radius 1 is 0.510 bits per heavy atom. The van der Waals surface area contributed by atoms with Gasteiger partial charge in [-0.15, -0.1) is 0 Å². The molecule has 16 heteroatoms. The summed E-state index contributed by atoms with van der Waals surface area (Å²) < 4.78 is 15.8. The first kappa shape index (κ1) is 45.7. The van der Waals surface area contributed by atoms with Crippen LogP contribution in [0.2, 0.25) is 0 Å². The van der Waals surface area contributed by atoms with Gasteiger partial charge >= 0.3 is 11.9 Å². The number of amides is 4. The van der Waals surface area contributed by atoms with Crippen molar-refractivity contribution in [1.29, 1.82) is 0 Å². The van der Waals surface area contributed by atoms with Crippen molar-refractivity contribution in [3.8, 4) is 0 Å². The molecule has 0 saturated carbocycles. The van der Waals surface area contributed by atoms with Gasteiger partial charge in [0.2, 0.25) is 23.6 Å². The Kier molecular flexibility index (Phi) is 30.9. The average Bonchev–Trinajstić information content (AvgIpc) is 3.06. The number of carboxylic acids is 2. The zero-order chi connectivity index (χ0) is 36.4. The Hall–Kier alpha value is -3.34. The highest BCUT2D eigenvalue weighted by molar-refractivity contribution is 5.84. The molecule has 16 nitrogen and oxygen atoms in total. The second kappa shape index (κ2) is 33.2. The lowest BCUT2D eigenvalue weighted by molar-refractivity contribution is -0.142. The van der Waals surface area contributed by atoms with Gasteiger partial charge in [-0.25, -0.2) is 4.79 Å². The molecule has 0 radical (unpaired) electrons. The van der Waals surface area contributed by atoms with E-state index >= 15 is 0 Å². The van der Waals surface area contributed by atoms with E-state index in [4.69, 9.17) is 25.1 Å². The van der Waals surface area contributed by atoms with E-state index in [0.717, 1.165) is 51.4 Å². The second-order valence-electron chi connectivity index (χ2n) is 11.7. The number of carbonyl (C=O) groups is 6. The third kappa shape index (κ3) is 33.0. The first-order chi connectivity index (χ1) is 23.6. The topological polar surface area (TPSA) is 245 Å². The van der Waals surface area contributed by atoms with Gasteiger partial charge < -0.3 is 51.4 Å². The zero-order valence-corrected chi connectivity index (χ0v) is 29.1. The summed E-state index contributed by atoms with van der Waals surface area (Å²) in [5.74, 6) is -3.16. The summed E-state index contributed by atoms with van der Waals surface area (Å²) in [6.07, 6.45) is 12.8. The molecule has 49 heavy (non-hydrogen) atoms. The maximum atomic E-state index is 12.2. The van der Waals surface area contributed by atoms with Gasteiger partial charge in [-0.2, -0.15) is 0 Å². The molecule has 0 aliphatic heterocycles. The fourth-order valence-electron chi connectivity index (χ4n) is 4.62. The van der Waals surface area contributed by atoms with Gasteiger partial charge in [-0.05, 0) is 19.3 Å². The molecule has 0 aromatic carbocycles. The lowest BCUT2D eigenvalue weighted by Crippen LogP contribution is -2.41. The van der Waals surface area contributed by atoms with Crippen molar-refractivity contribution >= 4 is 35.6 Å². The third-order valence-corrected chi connectivity index (χ3v) is 7.33. The maximum absolute atomic E-state index is 12.2. The fraction of sp³-hybridized carbons (Fsp3) is 0.818. The highest BCUT2D eigenvalue weighted by Gasteiger charge is 2.20. The summed E-state index contributed by atoms with van der Waals surface area (Å²) >= 11 is 0. The quantitative estimate of drug-likeness (QED) is 0.0461. The molecule has 1 atom stereocenters. The maximum Gasteiger partial charge on any atom is 0.326 e.